The molecule has 3 atom stereocenters. The van der Waals surface area contributed by atoms with Crippen LogP contribution in [-0.2, 0) is 11.3 Å². The van der Waals surface area contributed by atoms with Crippen molar-refractivity contribution in [1.29, 1.82) is 0 Å². The van der Waals surface area contributed by atoms with E-state index in [9.17, 15) is 4.79 Å². The van der Waals surface area contributed by atoms with Crippen LogP contribution in [0.25, 0.3) is 0 Å². The summed E-state index contributed by atoms with van der Waals surface area (Å²) in [6.07, 6.45) is 17.9. The molecule has 0 radical (unpaired) electrons. The van der Waals surface area contributed by atoms with Gasteiger partial charge in [-0.2, -0.15) is 0 Å². The van der Waals surface area contributed by atoms with Gasteiger partial charge in [-0.25, -0.2) is 0 Å². The molecule has 5 heteroatoms. The predicted molar refractivity (Wildman–Crippen MR) is 118 cm³/mol. The lowest BCUT2D eigenvalue weighted by atomic mass is 9.74. The second-order valence-electron chi connectivity index (χ2n) is 9.45. The lowest BCUT2D eigenvalue weighted by Gasteiger charge is -2.37. The Morgan fingerprint density at radius 3 is 2.69 bits per heavy atom. The van der Waals surface area contributed by atoms with Crippen molar-refractivity contribution < 1.29 is 4.79 Å². The number of likely N-dealkylation sites (N-methyl/N-ethyl adjacent to an activating group) is 1. The normalized spacial score (nSPS) is 25.3. The second kappa shape index (κ2) is 11.1. The van der Waals surface area contributed by atoms with E-state index in [0.717, 1.165) is 38.1 Å². The van der Waals surface area contributed by atoms with Crippen molar-refractivity contribution in [2.24, 2.45) is 17.6 Å². The van der Waals surface area contributed by atoms with Gasteiger partial charge in [0.25, 0.3) is 0 Å². The van der Waals surface area contributed by atoms with Gasteiger partial charge in [-0.15, -0.1) is 0 Å². The Hall–Kier alpha value is -1.46. The number of hydrogen-bond acceptors (Lipinski definition) is 4. The standard InChI is InChI=1S/C24H40N4O/c1-26-23(29)24(25,13-12-19-7-3-2-4-8-19)16-20-9-5-11-22(15-20)28-18-21-10-6-14-27-17-21/h6,10,14,17,19-20,22,28H,2-5,7-9,11-13,15-16,18,25H2,1H3,(H,26,29)/t20-,22+,24+/m0/s1. The molecule has 0 unspecified atom stereocenters. The Morgan fingerprint density at radius 1 is 1.17 bits per heavy atom. The summed E-state index contributed by atoms with van der Waals surface area (Å²) in [5, 5.41) is 6.55. The van der Waals surface area contributed by atoms with Crippen LogP contribution in [0.1, 0.15) is 82.6 Å². The van der Waals surface area contributed by atoms with Crippen LogP contribution < -0.4 is 16.4 Å². The van der Waals surface area contributed by atoms with E-state index in [2.05, 4.69) is 21.7 Å². The SMILES string of the molecule is CNC(=O)[C@@](N)(CCC1CCCCC1)C[C@H]1CCC[C@@H](NCc2cccnc2)C1. The van der Waals surface area contributed by atoms with E-state index in [1.54, 1.807) is 7.05 Å². The first kappa shape index (κ1) is 22.2. The molecular weight excluding hydrogens is 360 g/mol. The number of pyridine rings is 1. The number of nitrogens with zero attached hydrogens (tertiary/aromatic N) is 1. The summed E-state index contributed by atoms with van der Waals surface area (Å²) in [4.78, 5) is 16.9. The zero-order valence-electron chi connectivity index (χ0n) is 18.2. The summed E-state index contributed by atoms with van der Waals surface area (Å²) in [5.41, 5.74) is 7.27. The number of nitrogens with one attached hydrogen (secondary N) is 2. The highest BCUT2D eigenvalue weighted by Crippen LogP contribution is 2.35. The van der Waals surface area contributed by atoms with Crippen molar-refractivity contribution in [1.82, 2.24) is 15.6 Å². The lowest BCUT2D eigenvalue weighted by Crippen LogP contribution is -2.55. The molecule has 29 heavy (non-hydrogen) atoms. The first-order valence-electron chi connectivity index (χ1n) is 11.7. The fourth-order valence-electron chi connectivity index (χ4n) is 5.44. The first-order valence-corrected chi connectivity index (χ1v) is 11.7. The highest BCUT2D eigenvalue weighted by Gasteiger charge is 2.37. The van der Waals surface area contributed by atoms with E-state index in [0.29, 0.717) is 12.0 Å². The van der Waals surface area contributed by atoms with Crippen LogP contribution in [0.4, 0.5) is 0 Å². The molecule has 0 spiro atoms. The molecule has 2 fully saturated rings. The number of hydrogen-bond donors (Lipinski definition) is 3. The van der Waals surface area contributed by atoms with Gasteiger partial charge in [0.15, 0.2) is 0 Å². The van der Waals surface area contributed by atoms with Crippen LogP contribution in [0.2, 0.25) is 0 Å². The maximum atomic E-state index is 12.7. The molecule has 0 aromatic carbocycles. The summed E-state index contributed by atoms with van der Waals surface area (Å²) in [6.45, 7) is 0.857. The van der Waals surface area contributed by atoms with Gasteiger partial charge in [-0.1, -0.05) is 51.0 Å². The van der Waals surface area contributed by atoms with Crippen LogP contribution in [0, 0.1) is 11.8 Å². The Balaban J connectivity index is 1.52. The lowest BCUT2D eigenvalue weighted by molar-refractivity contribution is -0.127. The van der Waals surface area contributed by atoms with E-state index < -0.39 is 5.54 Å². The smallest absolute Gasteiger partial charge is 0.239 e. The van der Waals surface area contributed by atoms with Gasteiger partial charge in [0.2, 0.25) is 5.91 Å². The van der Waals surface area contributed by atoms with Crippen molar-refractivity contribution in [3.8, 4) is 0 Å². The van der Waals surface area contributed by atoms with E-state index in [4.69, 9.17) is 5.73 Å². The van der Waals surface area contributed by atoms with Crippen LogP contribution in [-0.4, -0.2) is 29.5 Å². The fourth-order valence-corrected chi connectivity index (χ4v) is 5.44. The average Bonchev–Trinajstić information content (AvgIpc) is 2.77. The molecule has 162 valence electrons. The summed E-state index contributed by atoms with van der Waals surface area (Å²) in [6, 6.07) is 4.60. The Morgan fingerprint density at radius 2 is 1.97 bits per heavy atom. The number of rotatable bonds is 9. The molecule has 3 rings (SSSR count). The van der Waals surface area contributed by atoms with Crippen molar-refractivity contribution in [2.75, 3.05) is 7.05 Å². The van der Waals surface area contributed by atoms with E-state index in [1.165, 1.54) is 56.9 Å². The van der Waals surface area contributed by atoms with Gasteiger partial charge in [-0.3, -0.25) is 9.78 Å². The highest BCUT2D eigenvalue weighted by atomic mass is 16.2. The minimum Gasteiger partial charge on any atom is -0.358 e. The minimum absolute atomic E-state index is 0.0266. The fraction of sp³-hybridized carbons (Fsp3) is 0.750. The molecule has 2 aliphatic rings. The third-order valence-corrected chi connectivity index (χ3v) is 7.16. The maximum absolute atomic E-state index is 12.7. The molecule has 0 saturated heterocycles. The number of carbonyl (C=O) groups is 1. The molecule has 4 N–H and O–H groups in total. The topological polar surface area (TPSA) is 80.0 Å². The summed E-state index contributed by atoms with van der Waals surface area (Å²) >= 11 is 0. The zero-order valence-corrected chi connectivity index (χ0v) is 18.2. The minimum atomic E-state index is -0.720. The van der Waals surface area contributed by atoms with E-state index in [-0.39, 0.29) is 5.91 Å². The molecule has 1 heterocycles. The number of amides is 1. The molecule has 1 aromatic rings. The maximum Gasteiger partial charge on any atom is 0.239 e. The molecule has 1 aromatic heterocycles. The van der Waals surface area contributed by atoms with Crippen molar-refractivity contribution in [3.05, 3.63) is 30.1 Å². The second-order valence-corrected chi connectivity index (χ2v) is 9.45. The third-order valence-electron chi connectivity index (χ3n) is 7.16. The summed E-state index contributed by atoms with van der Waals surface area (Å²) < 4.78 is 0. The van der Waals surface area contributed by atoms with Gasteiger partial charge in [0.1, 0.15) is 0 Å². The number of aromatic nitrogens is 1. The molecule has 2 aliphatic carbocycles. The number of nitrogens with two attached hydrogens (primary N) is 1. The van der Waals surface area contributed by atoms with E-state index in [1.807, 2.05) is 18.5 Å². The molecule has 2 saturated carbocycles. The summed E-state index contributed by atoms with van der Waals surface area (Å²) in [7, 11) is 1.73. The van der Waals surface area contributed by atoms with Gasteiger partial charge >= 0.3 is 0 Å². The first-order chi connectivity index (χ1) is 14.1. The average molecular weight is 401 g/mol. The van der Waals surface area contributed by atoms with Gasteiger partial charge in [-0.05, 0) is 55.6 Å². The van der Waals surface area contributed by atoms with Gasteiger partial charge in [0, 0.05) is 32.0 Å². The Bertz CT molecular complexity index is 617. The Labute approximate surface area is 176 Å². The van der Waals surface area contributed by atoms with Crippen LogP contribution in [0.3, 0.4) is 0 Å². The van der Waals surface area contributed by atoms with Crippen LogP contribution in [0.5, 0.6) is 0 Å². The van der Waals surface area contributed by atoms with E-state index >= 15 is 0 Å². The molecule has 1 amide bonds. The predicted octanol–water partition coefficient (Wildman–Crippen LogP) is 3.92. The van der Waals surface area contributed by atoms with Gasteiger partial charge in [0.05, 0.1) is 5.54 Å². The molecular formula is C24H40N4O. The van der Waals surface area contributed by atoms with Crippen LogP contribution >= 0.6 is 0 Å². The molecule has 0 aliphatic heterocycles. The molecule has 5 nitrogen and oxygen atoms in total. The largest absolute Gasteiger partial charge is 0.358 e. The Kier molecular flexibility index (Phi) is 8.49. The van der Waals surface area contributed by atoms with Gasteiger partial charge < -0.3 is 16.4 Å². The van der Waals surface area contributed by atoms with Crippen molar-refractivity contribution in [2.45, 2.75) is 95.2 Å². The monoisotopic (exact) mass is 400 g/mol. The van der Waals surface area contributed by atoms with Crippen LogP contribution in [0.15, 0.2) is 24.5 Å². The number of carbonyl (C=O) groups excluding carboxylic acids is 1. The quantitative estimate of drug-likeness (QED) is 0.587. The summed E-state index contributed by atoms with van der Waals surface area (Å²) in [5.74, 6) is 1.30. The highest BCUT2D eigenvalue weighted by molar-refractivity contribution is 5.85. The third kappa shape index (κ3) is 6.78. The van der Waals surface area contributed by atoms with Crippen molar-refractivity contribution in [3.63, 3.8) is 0 Å². The zero-order chi connectivity index (χ0) is 20.5. The van der Waals surface area contributed by atoms with Crippen molar-refractivity contribution >= 4 is 5.91 Å². The molecule has 0 bridgehead atoms.